The SMILES string of the molecule is C=C1CC2(O)OC3(CC2(C)C(C)C)C(C)CCC13. The number of rotatable bonds is 1. The molecule has 2 nitrogen and oxygen atoms in total. The molecule has 3 rings (SSSR count). The van der Waals surface area contributed by atoms with Crippen molar-refractivity contribution in [3.63, 3.8) is 0 Å². The lowest BCUT2D eigenvalue weighted by Crippen LogP contribution is -2.51. The monoisotopic (exact) mass is 250 g/mol. The molecule has 0 aromatic carbocycles. The van der Waals surface area contributed by atoms with E-state index in [1.807, 2.05) is 0 Å². The Kier molecular flexibility index (Phi) is 2.40. The van der Waals surface area contributed by atoms with Crippen molar-refractivity contribution in [3.05, 3.63) is 12.2 Å². The minimum absolute atomic E-state index is 0.136. The standard InChI is InChI=1S/C16H26O2/c1-10(2)14(5)9-15-12(4)6-7-13(15)11(3)8-16(14,17)18-15/h10,12-13,17H,3,6-9H2,1-2,4-5H3. The molecular formula is C16H26O2. The largest absolute Gasteiger partial charge is 0.365 e. The van der Waals surface area contributed by atoms with Crippen molar-refractivity contribution in [2.24, 2.45) is 23.2 Å². The van der Waals surface area contributed by atoms with Crippen LogP contribution in [0.2, 0.25) is 0 Å². The molecule has 1 spiro atoms. The molecule has 0 aromatic heterocycles. The normalized spacial score (nSPS) is 55.1. The summed E-state index contributed by atoms with van der Waals surface area (Å²) < 4.78 is 6.35. The van der Waals surface area contributed by atoms with Crippen LogP contribution in [0.1, 0.15) is 53.4 Å². The molecule has 2 heterocycles. The fourth-order valence-electron chi connectivity index (χ4n) is 4.77. The summed E-state index contributed by atoms with van der Waals surface area (Å²) in [6, 6.07) is 0. The van der Waals surface area contributed by atoms with Gasteiger partial charge in [-0.05, 0) is 31.1 Å². The second kappa shape index (κ2) is 3.40. The van der Waals surface area contributed by atoms with Crippen LogP contribution in [0.25, 0.3) is 0 Å². The molecule has 2 heteroatoms. The molecule has 0 aromatic rings. The lowest BCUT2D eigenvalue weighted by atomic mass is 9.68. The molecule has 102 valence electrons. The third kappa shape index (κ3) is 1.21. The summed E-state index contributed by atoms with van der Waals surface area (Å²) in [6.07, 6.45) is 4.00. The highest BCUT2D eigenvalue weighted by Gasteiger charge is 2.71. The maximum Gasteiger partial charge on any atom is 0.175 e. The Morgan fingerprint density at radius 1 is 1.39 bits per heavy atom. The Bertz CT molecular complexity index is 402. The van der Waals surface area contributed by atoms with E-state index in [4.69, 9.17) is 4.74 Å². The van der Waals surface area contributed by atoms with Crippen LogP contribution in [0.3, 0.4) is 0 Å². The zero-order valence-electron chi connectivity index (χ0n) is 12.1. The molecule has 3 fully saturated rings. The van der Waals surface area contributed by atoms with Gasteiger partial charge in [-0.15, -0.1) is 0 Å². The van der Waals surface area contributed by atoms with Gasteiger partial charge in [-0.3, -0.25) is 0 Å². The Morgan fingerprint density at radius 3 is 2.67 bits per heavy atom. The molecule has 5 unspecified atom stereocenters. The minimum Gasteiger partial charge on any atom is -0.365 e. The van der Waals surface area contributed by atoms with Crippen molar-refractivity contribution in [1.29, 1.82) is 0 Å². The van der Waals surface area contributed by atoms with Crippen LogP contribution >= 0.6 is 0 Å². The van der Waals surface area contributed by atoms with Gasteiger partial charge < -0.3 is 9.84 Å². The first kappa shape index (κ1) is 12.7. The number of hydrogen-bond acceptors (Lipinski definition) is 2. The van der Waals surface area contributed by atoms with Gasteiger partial charge in [0.1, 0.15) is 0 Å². The summed E-state index contributed by atoms with van der Waals surface area (Å²) in [5.41, 5.74) is 0.935. The molecule has 0 amide bonds. The summed E-state index contributed by atoms with van der Waals surface area (Å²) in [7, 11) is 0. The molecule has 2 saturated heterocycles. The van der Waals surface area contributed by atoms with Gasteiger partial charge in [0.25, 0.3) is 0 Å². The molecule has 2 aliphatic heterocycles. The number of hydrogen-bond donors (Lipinski definition) is 1. The van der Waals surface area contributed by atoms with E-state index in [1.54, 1.807) is 0 Å². The van der Waals surface area contributed by atoms with E-state index in [9.17, 15) is 5.11 Å². The summed E-state index contributed by atoms with van der Waals surface area (Å²) in [5.74, 6) is 0.425. The van der Waals surface area contributed by atoms with Crippen LogP contribution in [0.5, 0.6) is 0 Å². The maximum absolute atomic E-state index is 11.1. The van der Waals surface area contributed by atoms with E-state index in [-0.39, 0.29) is 11.0 Å². The second-order valence-electron chi connectivity index (χ2n) is 7.46. The Balaban J connectivity index is 2.11. The summed E-state index contributed by atoms with van der Waals surface area (Å²) in [6.45, 7) is 13.2. The highest BCUT2D eigenvalue weighted by molar-refractivity contribution is 5.27. The Labute approximate surface area is 110 Å². The number of ether oxygens (including phenoxy) is 1. The predicted molar refractivity (Wildman–Crippen MR) is 72.0 cm³/mol. The average Bonchev–Trinajstić information content (AvgIpc) is 2.65. The molecule has 2 bridgehead atoms. The zero-order valence-corrected chi connectivity index (χ0v) is 12.1. The van der Waals surface area contributed by atoms with Crippen LogP contribution in [-0.4, -0.2) is 16.5 Å². The van der Waals surface area contributed by atoms with Gasteiger partial charge in [-0.25, -0.2) is 0 Å². The van der Waals surface area contributed by atoms with Crippen molar-refractivity contribution in [2.75, 3.05) is 0 Å². The van der Waals surface area contributed by atoms with Crippen molar-refractivity contribution >= 4 is 0 Å². The van der Waals surface area contributed by atoms with E-state index >= 15 is 0 Å². The molecule has 1 N–H and O–H groups in total. The Morgan fingerprint density at radius 2 is 2.06 bits per heavy atom. The molecule has 0 radical (unpaired) electrons. The van der Waals surface area contributed by atoms with Crippen LogP contribution in [0.4, 0.5) is 0 Å². The number of fused-ring (bicyclic) bond motifs is 1. The lowest BCUT2D eigenvalue weighted by molar-refractivity contribution is -0.286. The van der Waals surface area contributed by atoms with Crippen LogP contribution in [-0.2, 0) is 4.74 Å². The third-order valence-electron chi connectivity index (χ3n) is 6.44. The number of aliphatic hydroxyl groups is 1. The molecular weight excluding hydrogens is 224 g/mol. The van der Waals surface area contributed by atoms with Gasteiger partial charge in [-0.1, -0.05) is 39.8 Å². The first-order chi connectivity index (χ1) is 8.25. The van der Waals surface area contributed by atoms with Crippen LogP contribution < -0.4 is 0 Å². The van der Waals surface area contributed by atoms with E-state index in [1.165, 1.54) is 18.4 Å². The van der Waals surface area contributed by atoms with Gasteiger partial charge in [-0.2, -0.15) is 0 Å². The molecule has 1 saturated carbocycles. The fourth-order valence-corrected chi connectivity index (χ4v) is 4.77. The fraction of sp³-hybridized carbons (Fsp3) is 0.875. The first-order valence-electron chi connectivity index (χ1n) is 7.35. The molecule has 1 aliphatic carbocycles. The minimum atomic E-state index is -0.993. The van der Waals surface area contributed by atoms with Gasteiger partial charge in [0, 0.05) is 17.8 Å². The van der Waals surface area contributed by atoms with Gasteiger partial charge in [0.05, 0.1) is 5.60 Å². The second-order valence-corrected chi connectivity index (χ2v) is 7.46. The highest BCUT2D eigenvalue weighted by Crippen LogP contribution is 2.68. The van der Waals surface area contributed by atoms with Crippen LogP contribution in [0, 0.1) is 23.2 Å². The van der Waals surface area contributed by atoms with Crippen molar-refractivity contribution in [3.8, 4) is 0 Å². The molecule has 18 heavy (non-hydrogen) atoms. The summed E-state index contributed by atoms with van der Waals surface area (Å²) >= 11 is 0. The maximum atomic E-state index is 11.1. The smallest absolute Gasteiger partial charge is 0.175 e. The summed E-state index contributed by atoms with van der Waals surface area (Å²) in [5, 5.41) is 11.1. The average molecular weight is 250 g/mol. The van der Waals surface area contributed by atoms with Gasteiger partial charge in [0.15, 0.2) is 5.79 Å². The summed E-state index contributed by atoms with van der Waals surface area (Å²) in [4.78, 5) is 0. The van der Waals surface area contributed by atoms with Crippen LogP contribution in [0.15, 0.2) is 12.2 Å². The first-order valence-corrected chi connectivity index (χ1v) is 7.35. The lowest BCUT2D eigenvalue weighted by Gasteiger charge is -2.45. The van der Waals surface area contributed by atoms with Crippen molar-refractivity contribution in [2.45, 2.75) is 64.8 Å². The van der Waals surface area contributed by atoms with Crippen molar-refractivity contribution < 1.29 is 9.84 Å². The van der Waals surface area contributed by atoms with Crippen molar-refractivity contribution in [1.82, 2.24) is 0 Å². The highest BCUT2D eigenvalue weighted by atomic mass is 16.7. The van der Waals surface area contributed by atoms with Gasteiger partial charge in [0.2, 0.25) is 0 Å². The van der Waals surface area contributed by atoms with E-state index in [2.05, 4.69) is 34.3 Å². The van der Waals surface area contributed by atoms with E-state index in [0.29, 0.717) is 24.2 Å². The molecule has 5 atom stereocenters. The predicted octanol–water partition coefficient (Wildman–Crippen LogP) is 3.50. The van der Waals surface area contributed by atoms with Gasteiger partial charge >= 0.3 is 0 Å². The topological polar surface area (TPSA) is 29.5 Å². The molecule has 3 aliphatic rings. The quantitative estimate of drug-likeness (QED) is 0.722. The third-order valence-corrected chi connectivity index (χ3v) is 6.44. The Hall–Kier alpha value is -0.340. The van der Waals surface area contributed by atoms with E-state index in [0.717, 1.165) is 6.42 Å². The van der Waals surface area contributed by atoms with E-state index < -0.39 is 5.79 Å². The zero-order chi connectivity index (χ0) is 13.3.